The van der Waals surface area contributed by atoms with Gasteiger partial charge in [-0.05, 0) is 106 Å². The van der Waals surface area contributed by atoms with E-state index in [4.69, 9.17) is 10.00 Å². The van der Waals surface area contributed by atoms with Gasteiger partial charge in [0.05, 0.1) is 5.92 Å². The van der Waals surface area contributed by atoms with E-state index in [1.807, 2.05) is 6.08 Å². The molecule has 2 aliphatic carbocycles. The number of esters is 1. The SMILES string of the molecule is CCCCc1ccc(C2CCC(C(=O)OC3CCC(CC/C=C/C=C(F)C#N)CC3)CC2)cc1. The third-order valence-corrected chi connectivity index (χ3v) is 7.63. The fraction of sp³-hybridized carbons (Fsp3) is 0.600. The lowest BCUT2D eigenvalue weighted by Gasteiger charge is -2.31. The number of hydrogen-bond acceptors (Lipinski definition) is 3. The molecule has 0 amide bonds. The molecular weight excluding hydrogens is 425 g/mol. The van der Waals surface area contributed by atoms with Crippen LogP contribution in [0.2, 0.25) is 0 Å². The molecule has 0 heterocycles. The summed E-state index contributed by atoms with van der Waals surface area (Å²) in [6.07, 6.45) is 18.4. The van der Waals surface area contributed by atoms with Crippen LogP contribution in [0.25, 0.3) is 0 Å². The van der Waals surface area contributed by atoms with E-state index in [1.165, 1.54) is 36.1 Å². The Labute approximate surface area is 205 Å². The molecule has 1 aromatic carbocycles. The first-order chi connectivity index (χ1) is 16.6. The zero-order chi connectivity index (χ0) is 24.2. The smallest absolute Gasteiger partial charge is 0.309 e. The van der Waals surface area contributed by atoms with Gasteiger partial charge in [0.15, 0.2) is 5.83 Å². The molecule has 0 aliphatic heterocycles. The van der Waals surface area contributed by atoms with Crippen molar-refractivity contribution in [1.29, 1.82) is 5.26 Å². The minimum atomic E-state index is -0.761. The largest absolute Gasteiger partial charge is 0.462 e. The van der Waals surface area contributed by atoms with Gasteiger partial charge in [-0.2, -0.15) is 9.65 Å². The molecule has 0 radical (unpaired) electrons. The van der Waals surface area contributed by atoms with Crippen LogP contribution in [0.4, 0.5) is 4.39 Å². The van der Waals surface area contributed by atoms with E-state index < -0.39 is 5.83 Å². The zero-order valence-electron chi connectivity index (χ0n) is 20.7. The quantitative estimate of drug-likeness (QED) is 0.199. The van der Waals surface area contributed by atoms with Crippen LogP contribution in [-0.4, -0.2) is 12.1 Å². The van der Waals surface area contributed by atoms with Gasteiger partial charge >= 0.3 is 5.97 Å². The van der Waals surface area contributed by atoms with Crippen LogP contribution < -0.4 is 0 Å². The van der Waals surface area contributed by atoms with E-state index in [2.05, 4.69) is 31.2 Å². The Morgan fingerprint density at radius 2 is 1.79 bits per heavy atom. The lowest BCUT2D eigenvalue weighted by atomic mass is 9.78. The van der Waals surface area contributed by atoms with Crippen LogP contribution in [0, 0.1) is 23.2 Å². The number of nitrogens with zero attached hydrogens (tertiary/aromatic N) is 1. The van der Waals surface area contributed by atoms with Crippen molar-refractivity contribution >= 4 is 5.97 Å². The van der Waals surface area contributed by atoms with E-state index in [0.29, 0.717) is 11.8 Å². The molecule has 0 N–H and O–H groups in total. The fourth-order valence-electron chi connectivity index (χ4n) is 5.42. The Bertz CT molecular complexity index is 851. The first kappa shape index (κ1) is 26.2. The normalized spacial score (nSPS) is 25.7. The fourth-order valence-corrected chi connectivity index (χ4v) is 5.42. The number of halogens is 1. The summed E-state index contributed by atoms with van der Waals surface area (Å²) < 4.78 is 18.7. The minimum absolute atomic E-state index is 0.0195. The summed E-state index contributed by atoms with van der Waals surface area (Å²) in [7, 11) is 0. The highest BCUT2D eigenvalue weighted by Gasteiger charge is 2.31. The molecule has 34 heavy (non-hydrogen) atoms. The predicted octanol–water partition coefficient (Wildman–Crippen LogP) is 8.12. The number of unbranched alkanes of at least 4 members (excludes halogenated alkanes) is 1. The van der Waals surface area contributed by atoms with Crippen LogP contribution in [-0.2, 0) is 16.0 Å². The van der Waals surface area contributed by atoms with Crippen molar-refractivity contribution in [1.82, 2.24) is 0 Å². The standard InChI is InChI=1S/C30H40FNO2/c1-2-3-7-23-10-14-25(15-11-23)26-16-18-27(19-17-26)30(33)34-29-20-12-24(13-21-29)8-5-4-6-9-28(31)22-32/h4,6,9-11,14-15,24,26-27,29H,2-3,5,7-8,12-13,16-21H2,1H3/b6-4+,28-9?. The highest BCUT2D eigenvalue weighted by molar-refractivity contribution is 5.72. The first-order valence-electron chi connectivity index (χ1n) is 13.3. The summed E-state index contributed by atoms with van der Waals surface area (Å²) in [5.74, 6) is 0.521. The molecule has 0 unspecified atom stereocenters. The van der Waals surface area contributed by atoms with E-state index in [0.717, 1.165) is 70.6 Å². The molecule has 0 atom stereocenters. The zero-order valence-corrected chi connectivity index (χ0v) is 20.7. The monoisotopic (exact) mass is 465 g/mol. The van der Waals surface area contributed by atoms with Crippen LogP contribution in [0.15, 0.2) is 48.3 Å². The highest BCUT2D eigenvalue weighted by atomic mass is 19.1. The second-order valence-electron chi connectivity index (χ2n) is 10.1. The molecule has 1 aromatic rings. The number of benzene rings is 1. The molecule has 0 saturated heterocycles. The summed E-state index contributed by atoms with van der Waals surface area (Å²) in [4.78, 5) is 12.8. The van der Waals surface area contributed by atoms with E-state index >= 15 is 0 Å². The second-order valence-corrected chi connectivity index (χ2v) is 10.1. The summed E-state index contributed by atoms with van der Waals surface area (Å²) in [6.45, 7) is 2.23. The average molecular weight is 466 g/mol. The number of hydrogen-bond donors (Lipinski definition) is 0. The Morgan fingerprint density at radius 3 is 2.44 bits per heavy atom. The molecule has 4 heteroatoms. The summed E-state index contributed by atoms with van der Waals surface area (Å²) >= 11 is 0. The molecule has 3 rings (SSSR count). The number of carbonyl (C=O) groups is 1. The van der Waals surface area contributed by atoms with Crippen molar-refractivity contribution in [3.8, 4) is 6.07 Å². The Morgan fingerprint density at radius 1 is 1.09 bits per heavy atom. The third-order valence-electron chi connectivity index (χ3n) is 7.63. The van der Waals surface area contributed by atoms with Gasteiger partial charge in [-0.1, -0.05) is 49.8 Å². The number of nitriles is 1. The predicted molar refractivity (Wildman–Crippen MR) is 135 cm³/mol. The molecule has 0 spiro atoms. The van der Waals surface area contributed by atoms with Crippen molar-refractivity contribution < 1.29 is 13.9 Å². The van der Waals surface area contributed by atoms with Crippen LogP contribution in [0.5, 0.6) is 0 Å². The van der Waals surface area contributed by atoms with Gasteiger partial charge < -0.3 is 4.74 Å². The minimum Gasteiger partial charge on any atom is -0.462 e. The summed E-state index contributed by atoms with van der Waals surface area (Å²) in [5, 5.41) is 8.39. The lowest BCUT2D eigenvalue weighted by molar-refractivity contribution is -0.157. The van der Waals surface area contributed by atoms with Crippen LogP contribution in [0.3, 0.4) is 0 Å². The van der Waals surface area contributed by atoms with Crippen LogP contribution in [0.1, 0.15) is 101 Å². The molecule has 2 saturated carbocycles. The van der Waals surface area contributed by atoms with Crippen molar-refractivity contribution in [2.75, 3.05) is 0 Å². The van der Waals surface area contributed by atoms with Gasteiger partial charge in [0, 0.05) is 0 Å². The van der Waals surface area contributed by atoms with Crippen molar-refractivity contribution in [2.45, 2.75) is 102 Å². The molecule has 3 nitrogen and oxygen atoms in total. The Kier molecular flexibility index (Phi) is 10.9. The summed E-state index contributed by atoms with van der Waals surface area (Å²) in [5.41, 5.74) is 2.85. The summed E-state index contributed by atoms with van der Waals surface area (Å²) in [6, 6.07) is 10.6. The maximum absolute atomic E-state index is 12.8. The molecule has 184 valence electrons. The maximum Gasteiger partial charge on any atom is 0.309 e. The molecular formula is C30H40FNO2. The Hall–Kier alpha value is -2.41. The maximum atomic E-state index is 12.8. The molecule has 0 aromatic heterocycles. The molecule has 0 bridgehead atoms. The topological polar surface area (TPSA) is 50.1 Å². The number of aryl methyl sites for hydroxylation is 1. The third kappa shape index (κ3) is 8.42. The van der Waals surface area contributed by atoms with Gasteiger partial charge in [-0.25, -0.2) is 0 Å². The first-order valence-corrected chi connectivity index (χ1v) is 13.3. The van der Waals surface area contributed by atoms with E-state index in [9.17, 15) is 9.18 Å². The number of carbonyl (C=O) groups excluding carboxylic acids is 1. The van der Waals surface area contributed by atoms with Crippen molar-refractivity contribution in [3.63, 3.8) is 0 Å². The van der Waals surface area contributed by atoms with E-state index in [1.54, 1.807) is 6.08 Å². The number of allylic oxidation sites excluding steroid dienone is 4. The highest BCUT2D eigenvalue weighted by Crippen LogP contribution is 2.37. The van der Waals surface area contributed by atoms with Gasteiger partial charge in [-0.15, -0.1) is 0 Å². The van der Waals surface area contributed by atoms with Gasteiger partial charge in [0.1, 0.15) is 12.2 Å². The van der Waals surface area contributed by atoms with Crippen molar-refractivity contribution in [3.05, 3.63) is 59.4 Å². The number of rotatable bonds is 10. The lowest BCUT2D eigenvalue weighted by Crippen LogP contribution is -2.29. The van der Waals surface area contributed by atoms with E-state index in [-0.39, 0.29) is 18.0 Å². The molecule has 2 fully saturated rings. The Balaban J connectivity index is 1.33. The van der Waals surface area contributed by atoms with Gasteiger partial charge in [-0.3, -0.25) is 4.79 Å². The average Bonchev–Trinajstić information content (AvgIpc) is 2.88. The van der Waals surface area contributed by atoms with Crippen molar-refractivity contribution in [2.24, 2.45) is 11.8 Å². The van der Waals surface area contributed by atoms with Gasteiger partial charge in [0.2, 0.25) is 0 Å². The second kappa shape index (κ2) is 14.1. The number of ether oxygens (including phenoxy) is 1. The van der Waals surface area contributed by atoms with Gasteiger partial charge in [0.25, 0.3) is 0 Å². The van der Waals surface area contributed by atoms with Crippen LogP contribution >= 0.6 is 0 Å². The molecule has 2 aliphatic rings.